The molecule has 0 saturated carbocycles. The molecule has 0 aromatic rings. The molecule has 0 heterocycles. The molecule has 3 atom stereocenters. The minimum Gasteiger partial charge on any atom is -0.392 e. The topological polar surface area (TPSA) is 56.0 Å². The van der Waals surface area contributed by atoms with Crippen LogP contribution in [0.4, 0.5) is 0 Å². The summed E-state index contributed by atoms with van der Waals surface area (Å²) in [6.45, 7) is 3.79. The van der Waals surface area contributed by atoms with Crippen LogP contribution in [0, 0.1) is 11.3 Å². The van der Waals surface area contributed by atoms with Crippen LogP contribution in [0.25, 0.3) is 0 Å². The number of rotatable bonds is 6. The van der Waals surface area contributed by atoms with Crippen molar-refractivity contribution < 1.29 is 5.11 Å². The van der Waals surface area contributed by atoms with Crippen molar-refractivity contribution in [3.63, 3.8) is 0 Å². The molecule has 0 amide bonds. The van der Waals surface area contributed by atoms with E-state index >= 15 is 0 Å². The first kappa shape index (κ1) is 12.8. The van der Waals surface area contributed by atoms with Gasteiger partial charge in [-0.3, -0.25) is 0 Å². The van der Waals surface area contributed by atoms with E-state index in [0.29, 0.717) is 0 Å². The Morgan fingerprint density at radius 3 is 2.54 bits per heavy atom. The molecular formula is C9H18N2OS. The van der Waals surface area contributed by atoms with E-state index in [9.17, 15) is 5.11 Å². The first-order valence-electron chi connectivity index (χ1n) is 4.48. The normalized spacial score (nSPS) is 17.5. The lowest BCUT2D eigenvalue weighted by molar-refractivity contribution is 0.196. The second-order valence-electron chi connectivity index (χ2n) is 3.08. The third kappa shape index (κ3) is 5.92. The average molecular weight is 202 g/mol. The van der Waals surface area contributed by atoms with Crippen LogP contribution < -0.4 is 5.32 Å². The summed E-state index contributed by atoms with van der Waals surface area (Å²) in [4.78, 5) is 0. The van der Waals surface area contributed by atoms with Crippen molar-refractivity contribution in [3.05, 3.63) is 0 Å². The monoisotopic (exact) mass is 202 g/mol. The molecule has 0 aromatic carbocycles. The predicted molar refractivity (Wildman–Crippen MR) is 56.7 cm³/mol. The SMILES string of the molecule is CNC(C#N)CCSC(C)C(C)O. The van der Waals surface area contributed by atoms with Crippen molar-refractivity contribution >= 4 is 11.8 Å². The molecule has 76 valence electrons. The van der Waals surface area contributed by atoms with Gasteiger partial charge >= 0.3 is 0 Å². The van der Waals surface area contributed by atoms with Crippen LogP contribution in [-0.4, -0.2) is 35.3 Å². The highest BCUT2D eigenvalue weighted by atomic mass is 32.2. The van der Waals surface area contributed by atoms with Crippen molar-refractivity contribution in [1.82, 2.24) is 5.32 Å². The number of nitriles is 1. The van der Waals surface area contributed by atoms with E-state index < -0.39 is 0 Å². The van der Waals surface area contributed by atoms with Crippen LogP contribution in [0.5, 0.6) is 0 Å². The molecule has 0 bridgehead atoms. The van der Waals surface area contributed by atoms with Crippen LogP contribution in [0.15, 0.2) is 0 Å². The van der Waals surface area contributed by atoms with Gasteiger partial charge in [0, 0.05) is 5.25 Å². The van der Waals surface area contributed by atoms with E-state index in [1.807, 2.05) is 6.92 Å². The van der Waals surface area contributed by atoms with Gasteiger partial charge in [0.1, 0.15) is 0 Å². The molecule has 0 aliphatic rings. The van der Waals surface area contributed by atoms with Gasteiger partial charge in [-0.25, -0.2) is 0 Å². The van der Waals surface area contributed by atoms with E-state index in [2.05, 4.69) is 11.4 Å². The van der Waals surface area contributed by atoms with Crippen molar-refractivity contribution in [2.24, 2.45) is 0 Å². The molecule has 0 aliphatic carbocycles. The minimum atomic E-state index is -0.278. The molecule has 0 aromatic heterocycles. The van der Waals surface area contributed by atoms with Gasteiger partial charge in [0.05, 0.1) is 18.2 Å². The summed E-state index contributed by atoms with van der Waals surface area (Å²) in [5.74, 6) is 0.908. The highest BCUT2D eigenvalue weighted by Crippen LogP contribution is 2.15. The zero-order valence-electron chi connectivity index (χ0n) is 8.45. The van der Waals surface area contributed by atoms with Gasteiger partial charge in [-0.1, -0.05) is 6.92 Å². The number of nitrogens with one attached hydrogen (secondary N) is 1. The molecule has 2 N–H and O–H groups in total. The van der Waals surface area contributed by atoms with Crippen molar-refractivity contribution in [2.45, 2.75) is 37.7 Å². The largest absolute Gasteiger partial charge is 0.392 e. The molecular weight excluding hydrogens is 184 g/mol. The second kappa shape index (κ2) is 7.19. The van der Waals surface area contributed by atoms with Crippen LogP contribution in [0.2, 0.25) is 0 Å². The van der Waals surface area contributed by atoms with Gasteiger partial charge < -0.3 is 10.4 Å². The summed E-state index contributed by atoms with van der Waals surface area (Å²) >= 11 is 1.70. The van der Waals surface area contributed by atoms with Crippen LogP contribution in [0.3, 0.4) is 0 Å². The zero-order chi connectivity index (χ0) is 10.3. The molecule has 0 radical (unpaired) electrons. The second-order valence-corrected chi connectivity index (χ2v) is 4.56. The average Bonchev–Trinajstić information content (AvgIpc) is 2.12. The van der Waals surface area contributed by atoms with Gasteiger partial charge in [0.15, 0.2) is 0 Å². The number of thioether (sulfide) groups is 1. The van der Waals surface area contributed by atoms with E-state index in [4.69, 9.17) is 5.26 Å². The minimum absolute atomic E-state index is 0.0614. The Morgan fingerprint density at radius 1 is 1.54 bits per heavy atom. The maximum absolute atomic E-state index is 9.20. The summed E-state index contributed by atoms with van der Waals surface area (Å²) in [6.07, 6.45) is 0.550. The number of aliphatic hydroxyl groups is 1. The van der Waals surface area contributed by atoms with Gasteiger partial charge in [0.2, 0.25) is 0 Å². The number of nitrogens with zero attached hydrogens (tertiary/aromatic N) is 1. The van der Waals surface area contributed by atoms with E-state index in [0.717, 1.165) is 12.2 Å². The zero-order valence-corrected chi connectivity index (χ0v) is 9.27. The Kier molecular flexibility index (Phi) is 7.06. The third-order valence-corrected chi connectivity index (χ3v) is 3.36. The molecule has 0 saturated heterocycles. The van der Waals surface area contributed by atoms with Crippen LogP contribution >= 0.6 is 11.8 Å². The quantitative estimate of drug-likeness (QED) is 0.674. The van der Waals surface area contributed by atoms with Crippen LogP contribution in [0.1, 0.15) is 20.3 Å². The Morgan fingerprint density at radius 2 is 2.15 bits per heavy atom. The number of aliphatic hydroxyl groups excluding tert-OH is 1. The Hall–Kier alpha value is -0.240. The van der Waals surface area contributed by atoms with E-state index in [-0.39, 0.29) is 17.4 Å². The lowest BCUT2D eigenvalue weighted by Gasteiger charge is -2.14. The highest BCUT2D eigenvalue weighted by Gasteiger charge is 2.10. The first-order chi connectivity index (χ1) is 6.11. The molecule has 0 spiro atoms. The fraction of sp³-hybridized carbons (Fsp3) is 0.889. The van der Waals surface area contributed by atoms with Crippen LogP contribution in [-0.2, 0) is 0 Å². The van der Waals surface area contributed by atoms with Crippen molar-refractivity contribution in [1.29, 1.82) is 5.26 Å². The fourth-order valence-corrected chi connectivity index (χ4v) is 1.81. The predicted octanol–water partition coefficient (Wildman–Crippen LogP) is 0.991. The fourth-order valence-electron chi connectivity index (χ4n) is 0.784. The maximum Gasteiger partial charge on any atom is 0.0958 e. The van der Waals surface area contributed by atoms with Gasteiger partial charge in [-0.05, 0) is 26.1 Å². The molecule has 3 unspecified atom stereocenters. The summed E-state index contributed by atoms with van der Waals surface area (Å²) in [7, 11) is 1.79. The maximum atomic E-state index is 9.20. The number of hydrogen-bond donors (Lipinski definition) is 2. The Bertz CT molecular complexity index is 167. The lowest BCUT2D eigenvalue weighted by atomic mass is 10.2. The molecule has 0 aliphatic heterocycles. The van der Waals surface area contributed by atoms with E-state index in [1.54, 1.807) is 25.7 Å². The summed E-state index contributed by atoms with van der Waals surface area (Å²) < 4.78 is 0. The number of hydrogen-bond acceptors (Lipinski definition) is 4. The van der Waals surface area contributed by atoms with Gasteiger partial charge in [-0.15, -0.1) is 0 Å². The summed E-state index contributed by atoms with van der Waals surface area (Å²) in [6, 6.07) is 2.11. The Labute approximate surface area is 84.5 Å². The first-order valence-corrected chi connectivity index (χ1v) is 5.53. The summed E-state index contributed by atoms with van der Waals surface area (Å²) in [5.41, 5.74) is 0. The molecule has 4 heteroatoms. The molecule has 0 rings (SSSR count). The lowest BCUT2D eigenvalue weighted by Crippen LogP contribution is -2.24. The molecule has 3 nitrogen and oxygen atoms in total. The van der Waals surface area contributed by atoms with Crippen molar-refractivity contribution in [2.75, 3.05) is 12.8 Å². The molecule has 0 fully saturated rings. The third-order valence-electron chi connectivity index (χ3n) is 1.97. The smallest absolute Gasteiger partial charge is 0.0958 e. The highest BCUT2D eigenvalue weighted by molar-refractivity contribution is 7.99. The standard InChI is InChI=1S/C9H18N2OS/c1-7(12)8(2)13-5-4-9(6-10)11-3/h7-9,11-12H,4-5H2,1-3H3. The Balaban J connectivity index is 3.50. The van der Waals surface area contributed by atoms with Crippen molar-refractivity contribution in [3.8, 4) is 6.07 Å². The molecule has 13 heavy (non-hydrogen) atoms. The van der Waals surface area contributed by atoms with Gasteiger partial charge in [0.25, 0.3) is 0 Å². The van der Waals surface area contributed by atoms with E-state index in [1.165, 1.54) is 0 Å². The van der Waals surface area contributed by atoms with Gasteiger partial charge in [-0.2, -0.15) is 17.0 Å². The summed E-state index contributed by atoms with van der Waals surface area (Å²) in [5, 5.41) is 21.0.